The van der Waals surface area contributed by atoms with Crippen LogP contribution in [0.4, 0.5) is 16.3 Å². The van der Waals surface area contributed by atoms with Crippen LogP contribution < -0.4 is 15.5 Å². The van der Waals surface area contributed by atoms with E-state index >= 15 is 0 Å². The van der Waals surface area contributed by atoms with E-state index in [2.05, 4.69) is 25.7 Å². The molecule has 1 atom stereocenters. The Morgan fingerprint density at radius 1 is 1.07 bits per heavy atom. The Morgan fingerprint density at radius 2 is 1.90 bits per heavy atom. The third-order valence-corrected chi connectivity index (χ3v) is 5.91. The number of piperazine rings is 2. The van der Waals surface area contributed by atoms with E-state index < -0.39 is 0 Å². The molecule has 1 aromatic heterocycles. The van der Waals surface area contributed by atoms with E-state index in [1.165, 1.54) is 0 Å². The summed E-state index contributed by atoms with van der Waals surface area (Å²) in [7, 11) is 0. The van der Waals surface area contributed by atoms with Gasteiger partial charge >= 0.3 is 6.03 Å². The average Bonchev–Trinajstić information content (AvgIpc) is 2.78. The molecule has 1 aromatic carbocycles. The van der Waals surface area contributed by atoms with Gasteiger partial charge in [0.05, 0.1) is 17.4 Å². The molecule has 0 spiro atoms. The first-order valence-electron chi connectivity index (χ1n) is 10.1. The number of aromatic nitrogens is 2. The maximum atomic E-state index is 12.9. The zero-order valence-corrected chi connectivity index (χ0v) is 16.2. The van der Waals surface area contributed by atoms with Crippen molar-refractivity contribution in [1.82, 2.24) is 25.3 Å². The number of phenols is 1. The number of hydrogen-bond donors (Lipinski definition) is 3. The Morgan fingerprint density at radius 3 is 2.72 bits per heavy atom. The Hall–Kier alpha value is -3.07. The molecule has 152 valence electrons. The van der Waals surface area contributed by atoms with Crippen molar-refractivity contribution in [2.75, 3.05) is 62.6 Å². The summed E-state index contributed by atoms with van der Waals surface area (Å²) >= 11 is 0. The number of fused-ring (bicyclic) bond motifs is 3. The van der Waals surface area contributed by atoms with Gasteiger partial charge in [-0.3, -0.25) is 0 Å². The molecule has 9 heteroatoms. The summed E-state index contributed by atoms with van der Waals surface area (Å²) in [5, 5.41) is 25.4. The number of benzene rings is 1. The number of hydrogen-bond acceptors (Lipinski definition) is 7. The standard InChI is InChI=1S/C20H25N7O2/c28-18-4-2-1-3-15(18)16-11-17-19(24-23-16)22-12-14-13-26(9-10-27(14)17)20(29)25-7-5-21-6-8-25/h1-4,11,14,21,28H,5-10,12-13H2,(H,22,24)/t14-/m0/s1. The molecule has 3 aliphatic heterocycles. The van der Waals surface area contributed by atoms with Crippen molar-refractivity contribution in [1.29, 1.82) is 0 Å². The van der Waals surface area contributed by atoms with Crippen molar-refractivity contribution in [3.63, 3.8) is 0 Å². The quantitative estimate of drug-likeness (QED) is 0.657. The van der Waals surface area contributed by atoms with Crippen LogP contribution in [0.2, 0.25) is 0 Å². The number of nitrogens with zero attached hydrogens (tertiary/aromatic N) is 5. The van der Waals surface area contributed by atoms with Crippen LogP contribution in [-0.4, -0.2) is 89.5 Å². The molecule has 3 aliphatic rings. The van der Waals surface area contributed by atoms with E-state index in [1.807, 2.05) is 28.0 Å². The first-order chi connectivity index (χ1) is 14.2. The summed E-state index contributed by atoms with van der Waals surface area (Å²) in [5.74, 6) is 0.941. The minimum atomic E-state index is 0.139. The van der Waals surface area contributed by atoms with Crippen LogP contribution in [-0.2, 0) is 0 Å². The fraction of sp³-hybridized carbons (Fsp3) is 0.450. The molecular formula is C20H25N7O2. The number of aromatic hydroxyl groups is 1. The third-order valence-electron chi connectivity index (χ3n) is 5.91. The number of nitrogens with one attached hydrogen (secondary N) is 2. The van der Waals surface area contributed by atoms with Gasteiger partial charge in [0, 0.05) is 57.9 Å². The molecule has 0 bridgehead atoms. The molecular weight excluding hydrogens is 370 g/mol. The highest BCUT2D eigenvalue weighted by molar-refractivity contribution is 5.78. The molecule has 0 unspecified atom stereocenters. The molecule has 2 saturated heterocycles. The first-order valence-corrected chi connectivity index (χ1v) is 10.1. The fourth-order valence-corrected chi connectivity index (χ4v) is 4.34. The van der Waals surface area contributed by atoms with Gasteiger partial charge in [0.1, 0.15) is 5.75 Å². The molecule has 4 heterocycles. The topological polar surface area (TPSA) is 96.9 Å². The van der Waals surface area contributed by atoms with E-state index in [0.29, 0.717) is 24.3 Å². The van der Waals surface area contributed by atoms with Crippen molar-refractivity contribution in [3.05, 3.63) is 30.3 Å². The number of amides is 2. The Kier molecular flexibility index (Phi) is 4.59. The predicted molar refractivity (Wildman–Crippen MR) is 110 cm³/mol. The highest BCUT2D eigenvalue weighted by Gasteiger charge is 2.36. The number of carbonyl (C=O) groups is 1. The van der Waals surface area contributed by atoms with Crippen molar-refractivity contribution in [2.24, 2.45) is 0 Å². The van der Waals surface area contributed by atoms with Gasteiger partial charge in [-0.15, -0.1) is 10.2 Å². The van der Waals surface area contributed by atoms with Crippen LogP contribution in [0.25, 0.3) is 11.3 Å². The second kappa shape index (κ2) is 7.40. The third kappa shape index (κ3) is 3.31. The van der Waals surface area contributed by atoms with E-state index in [4.69, 9.17) is 0 Å². The van der Waals surface area contributed by atoms with Gasteiger partial charge in [-0.1, -0.05) is 12.1 Å². The van der Waals surface area contributed by atoms with Gasteiger partial charge < -0.3 is 30.4 Å². The predicted octanol–water partition coefficient (Wildman–Crippen LogP) is 0.790. The zero-order chi connectivity index (χ0) is 19.8. The van der Waals surface area contributed by atoms with E-state index in [9.17, 15) is 9.90 Å². The highest BCUT2D eigenvalue weighted by Crippen LogP contribution is 2.36. The maximum absolute atomic E-state index is 12.9. The molecule has 2 amide bonds. The largest absolute Gasteiger partial charge is 0.507 e. The molecule has 29 heavy (non-hydrogen) atoms. The van der Waals surface area contributed by atoms with Crippen LogP contribution in [0, 0.1) is 0 Å². The number of anilines is 2. The summed E-state index contributed by atoms with van der Waals surface area (Å²) in [6, 6.07) is 9.45. The molecule has 2 aromatic rings. The maximum Gasteiger partial charge on any atom is 0.320 e. The van der Waals surface area contributed by atoms with Gasteiger partial charge in [-0.2, -0.15) is 0 Å². The fourth-order valence-electron chi connectivity index (χ4n) is 4.34. The van der Waals surface area contributed by atoms with Crippen molar-refractivity contribution >= 4 is 17.5 Å². The summed E-state index contributed by atoms with van der Waals surface area (Å²) in [5.41, 5.74) is 2.28. The van der Waals surface area contributed by atoms with Gasteiger partial charge in [0.15, 0.2) is 5.82 Å². The second-order valence-corrected chi connectivity index (χ2v) is 7.67. The van der Waals surface area contributed by atoms with Crippen LogP contribution in [0.3, 0.4) is 0 Å². The molecule has 3 N–H and O–H groups in total. The number of para-hydroxylation sites is 1. The summed E-state index contributed by atoms with van der Waals surface area (Å²) < 4.78 is 0. The summed E-state index contributed by atoms with van der Waals surface area (Å²) in [4.78, 5) is 19.1. The molecule has 0 saturated carbocycles. The number of urea groups is 1. The molecule has 9 nitrogen and oxygen atoms in total. The lowest BCUT2D eigenvalue weighted by molar-refractivity contribution is 0.137. The van der Waals surface area contributed by atoms with Crippen molar-refractivity contribution in [2.45, 2.75) is 6.04 Å². The van der Waals surface area contributed by atoms with Crippen LogP contribution in [0.15, 0.2) is 30.3 Å². The minimum absolute atomic E-state index is 0.139. The Balaban J connectivity index is 1.36. The van der Waals surface area contributed by atoms with Crippen LogP contribution >= 0.6 is 0 Å². The lowest BCUT2D eigenvalue weighted by Crippen LogP contribution is -2.62. The lowest BCUT2D eigenvalue weighted by Gasteiger charge is -2.46. The van der Waals surface area contributed by atoms with Crippen LogP contribution in [0.5, 0.6) is 5.75 Å². The SMILES string of the molecule is O=C(N1CCNCC1)N1CCN2c3cc(-c4ccccc4O)nnc3NC[C@H]2C1. The molecule has 5 rings (SSSR count). The molecule has 0 aliphatic carbocycles. The number of phenolic OH excluding ortho intramolecular Hbond substituents is 1. The van der Waals surface area contributed by atoms with Crippen molar-refractivity contribution < 1.29 is 9.90 Å². The van der Waals surface area contributed by atoms with Gasteiger partial charge in [0.25, 0.3) is 0 Å². The normalized spacial score (nSPS) is 21.2. The highest BCUT2D eigenvalue weighted by atomic mass is 16.3. The molecule has 0 radical (unpaired) electrons. The minimum Gasteiger partial charge on any atom is -0.507 e. The van der Waals surface area contributed by atoms with E-state index in [-0.39, 0.29) is 17.8 Å². The van der Waals surface area contributed by atoms with E-state index in [0.717, 1.165) is 50.8 Å². The average molecular weight is 395 g/mol. The second-order valence-electron chi connectivity index (χ2n) is 7.67. The van der Waals surface area contributed by atoms with E-state index in [1.54, 1.807) is 12.1 Å². The smallest absolute Gasteiger partial charge is 0.320 e. The van der Waals surface area contributed by atoms with Gasteiger partial charge in [0.2, 0.25) is 0 Å². The van der Waals surface area contributed by atoms with Gasteiger partial charge in [-0.25, -0.2) is 4.79 Å². The summed E-state index contributed by atoms with van der Waals surface area (Å²) in [6.07, 6.45) is 0. The molecule has 2 fully saturated rings. The zero-order valence-electron chi connectivity index (χ0n) is 16.2. The van der Waals surface area contributed by atoms with Gasteiger partial charge in [-0.05, 0) is 18.2 Å². The van der Waals surface area contributed by atoms with Crippen molar-refractivity contribution in [3.8, 4) is 17.0 Å². The van der Waals surface area contributed by atoms with Crippen LogP contribution in [0.1, 0.15) is 0 Å². The first kappa shape index (κ1) is 18.0. The monoisotopic (exact) mass is 395 g/mol. The number of carbonyl (C=O) groups excluding carboxylic acids is 1. The Bertz CT molecular complexity index is 915. The lowest BCUT2D eigenvalue weighted by atomic mass is 10.1. The summed E-state index contributed by atoms with van der Waals surface area (Å²) in [6.45, 7) is 6.10. The Labute approximate surface area is 169 Å². The number of rotatable bonds is 1.